The summed E-state index contributed by atoms with van der Waals surface area (Å²) >= 11 is 0. The number of aromatic nitrogens is 2. The van der Waals surface area contributed by atoms with Crippen molar-refractivity contribution in [2.45, 2.75) is 31.7 Å². The number of pyridine rings is 1. The Morgan fingerprint density at radius 3 is 2.79 bits per heavy atom. The van der Waals surface area contributed by atoms with Crippen molar-refractivity contribution in [3.63, 3.8) is 0 Å². The van der Waals surface area contributed by atoms with E-state index in [1.807, 2.05) is 6.20 Å². The van der Waals surface area contributed by atoms with Gasteiger partial charge in [0, 0.05) is 22.3 Å². The van der Waals surface area contributed by atoms with E-state index in [2.05, 4.69) is 45.6 Å². The van der Waals surface area contributed by atoms with Gasteiger partial charge in [0.2, 0.25) is 0 Å². The predicted octanol–water partition coefficient (Wildman–Crippen LogP) is 4.07. The van der Waals surface area contributed by atoms with Crippen molar-refractivity contribution in [3.05, 3.63) is 36.5 Å². The lowest BCUT2D eigenvalue weighted by Gasteiger charge is -2.12. The second-order valence-corrected chi connectivity index (χ2v) is 5.41. The summed E-state index contributed by atoms with van der Waals surface area (Å²) in [5.41, 5.74) is 2.29. The molecule has 1 aliphatic carbocycles. The minimum absolute atomic E-state index is 0.607. The quantitative estimate of drug-likeness (QED) is 0.720. The second-order valence-electron chi connectivity index (χ2n) is 5.41. The maximum atomic E-state index is 4.52. The number of nitrogens with one attached hydrogen (secondary N) is 2. The van der Waals surface area contributed by atoms with Gasteiger partial charge in [-0.2, -0.15) is 0 Å². The fraction of sp³-hybridized carbons (Fsp3) is 0.312. The van der Waals surface area contributed by atoms with Crippen LogP contribution in [0.15, 0.2) is 36.5 Å². The molecule has 0 saturated heterocycles. The summed E-state index contributed by atoms with van der Waals surface area (Å²) in [6.45, 7) is 0. The molecule has 0 spiro atoms. The number of hydrogen-bond acceptors (Lipinski definition) is 2. The highest BCUT2D eigenvalue weighted by molar-refractivity contribution is 6.07. The molecule has 2 aromatic heterocycles. The molecule has 3 nitrogen and oxygen atoms in total. The lowest BCUT2D eigenvalue weighted by atomic mass is 10.2. The molecule has 3 heteroatoms. The van der Waals surface area contributed by atoms with Crippen LogP contribution in [0.3, 0.4) is 0 Å². The number of rotatable bonds is 2. The van der Waals surface area contributed by atoms with Crippen LogP contribution in [0.4, 0.5) is 5.82 Å². The number of anilines is 1. The van der Waals surface area contributed by atoms with Crippen molar-refractivity contribution < 1.29 is 0 Å². The Morgan fingerprint density at radius 2 is 1.89 bits per heavy atom. The van der Waals surface area contributed by atoms with Gasteiger partial charge in [-0.05, 0) is 25.0 Å². The summed E-state index contributed by atoms with van der Waals surface area (Å²) in [4.78, 5) is 7.93. The minimum atomic E-state index is 0.607. The van der Waals surface area contributed by atoms with Crippen molar-refractivity contribution in [3.8, 4) is 0 Å². The topological polar surface area (TPSA) is 40.7 Å². The molecular weight excluding hydrogens is 234 g/mol. The summed E-state index contributed by atoms with van der Waals surface area (Å²) in [5.74, 6) is 1.00. The standard InChI is InChI=1S/C16H17N3/c1-2-6-11(5-1)18-16-9-13-12-7-3-4-8-14(12)19-15(13)10-17-16/h3-4,7-11,19H,1-2,5-6H2,(H,17,18). The van der Waals surface area contributed by atoms with Gasteiger partial charge in [-0.3, -0.25) is 0 Å². The molecule has 0 aliphatic heterocycles. The average Bonchev–Trinajstić information content (AvgIpc) is 3.06. The number of hydrogen-bond donors (Lipinski definition) is 2. The lowest BCUT2D eigenvalue weighted by Crippen LogP contribution is -2.15. The van der Waals surface area contributed by atoms with Crippen molar-refractivity contribution >= 4 is 27.6 Å². The Hall–Kier alpha value is -2.03. The van der Waals surface area contributed by atoms with E-state index in [9.17, 15) is 0 Å². The second kappa shape index (κ2) is 4.26. The van der Waals surface area contributed by atoms with Crippen molar-refractivity contribution in [1.29, 1.82) is 0 Å². The molecular formula is C16H17N3. The molecule has 0 radical (unpaired) electrons. The van der Waals surface area contributed by atoms with E-state index < -0.39 is 0 Å². The van der Waals surface area contributed by atoms with Gasteiger partial charge < -0.3 is 10.3 Å². The molecule has 1 fully saturated rings. The Kier molecular flexibility index (Phi) is 2.44. The number of H-pyrrole nitrogens is 1. The van der Waals surface area contributed by atoms with Gasteiger partial charge in [-0.1, -0.05) is 31.0 Å². The summed E-state index contributed by atoms with van der Waals surface area (Å²) < 4.78 is 0. The van der Waals surface area contributed by atoms with E-state index in [4.69, 9.17) is 0 Å². The molecule has 3 aromatic rings. The van der Waals surface area contributed by atoms with E-state index in [0.29, 0.717) is 6.04 Å². The van der Waals surface area contributed by atoms with Crippen LogP contribution in [-0.2, 0) is 0 Å². The van der Waals surface area contributed by atoms with Crippen LogP contribution in [0.2, 0.25) is 0 Å². The molecule has 0 unspecified atom stereocenters. The summed E-state index contributed by atoms with van der Waals surface area (Å²) in [6.07, 6.45) is 7.16. The Bertz CT molecular complexity index is 723. The first-order valence-corrected chi connectivity index (χ1v) is 7.03. The third-order valence-corrected chi connectivity index (χ3v) is 4.10. The van der Waals surface area contributed by atoms with Gasteiger partial charge in [0.05, 0.1) is 11.7 Å². The van der Waals surface area contributed by atoms with Gasteiger partial charge >= 0.3 is 0 Å². The Balaban J connectivity index is 1.78. The van der Waals surface area contributed by atoms with Crippen LogP contribution in [-0.4, -0.2) is 16.0 Å². The number of fused-ring (bicyclic) bond motifs is 3. The number of aromatic amines is 1. The zero-order chi connectivity index (χ0) is 12.7. The molecule has 0 atom stereocenters. The van der Waals surface area contributed by atoms with Crippen LogP contribution in [0.25, 0.3) is 21.8 Å². The van der Waals surface area contributed by atoms with Crippen LogP contribution in [0, 0.1) is 0 Å². The third-order valence-electron chi connectivity index (χ3n) is 4.10. The van der Waals surface area contributed by atoms with E-state index in [0.717, 1.165) is 11.3 Å². The third kappa shape index (κ3) is 1.86. The van der Waals surface area contributed by atoms with Crippen molar-refractivity contribution in [2.75, 3.05) is 5.32 Å². The van der Waals surface area contributed by atoms with E-state index >= 15 is 0 Å². The molecule has 1 saturated carbocycles. The molecule has 4 rings (SSSR count). The Morgan fingerprint density at radius 1 is 1.05 bits per heavy atom. The average molecular weight is 251 g/mol. The van der Waals surface area contributed by atoms with Gasteiger partial charge in [0.25, 0.3) is 0 Å². The number of nitrogens with zero attached hydrogens (tertiary/aromatic N) is 1. The van der Waals surface area contributed by atoms with Crippen LogP contribution in [0.5, 0.6) is 0 Å². The van der Waals surface area contributed by atoms with Gasteiger partial charge in [0.15, 0.2) is 0 Å². The van der Waals surface area contributed by atoms with Gasteiger partial charge in [0.1, 0.15) is 5.82 Å². The highest BCUT2D eigenvalue weighted by Crippen LogP contribution is 2.28. The first-order valence-electron chi connectivity index (χ1n) is 7.03. The highest BCUT2D eigenvalue weighted by atomic mass is 15.0. The maximum absolute atomic E-state index is 4.52. The summed E-state index contributed by atoms with van der Waals surface area (Å²) in [6, 6.07) is 11.2. The number of benzene rings is 1. The van der Waals surface area contributed by atoms with E-state index in [-0.39, 0.29) is 0 Å². The van der Waals surface area contributed by atoms with Crippen molar-refractivity contribution in [1.82, 2.24) is 9.97 Å². The van der Waals surface area contributed by atoms with Gasteiger partial charge in [-0.15, -0.1) is 0 Å². The monoisotopic (exact) mass is 251 g/mol. The summed E-state index contributed by atoms with van der Waals surface area (Å²) in [7, 11) is 0. The minimum Gasteiger partial charge on any atom is -0.367 e. The van der Waals surface area contributed by atoms with E-state index in [1.165, 1.54) is 42.0 Å². The Labute approximate surface area is 112 Å². The van der Waals surface area contributed by atoms with Crippen LogP contribution < -0.4 is 5.32 Å². The number of para-hydroxylation sites is 1. The van der Waals surface area contributed by atoms with Gasteiger partial charge in [-0.25, -0.2) is 4.98 Å². The largest absolute Gasteiger partial charge is 0.367 e. The smallest absolute Gasteiger partial charge is 0.126 e. The first-order chi connectivity index (χ1) is 9.40. The van der Waals surface area contributed by atoms with Crippen LogP contribution >= 0.6 is 0 Å². The molecule has 1 aliphatic rings. The summed E-state index contributed by atoms with van der Waals surface area (Å²) in [5, 5.41) is 6.09. The van der Waals surface area contributed by atoms with Crippen LogP contribution in [0.1, 0.15) is 25.7 Å². The normalized spacial score (nSPS) is 16.4. The van der Waals surface area contributed by atoms with E-state index in [1.54, 1.807) is 0 Å². The fourth-order valence-electron chi connectivity index (χ4n) is 3.11. The molecule has 96 valence electrons. The SMILES string of the molecule is c1ccc2c(c1)[nH]c1cnc(NC3CCCC3)cc12. The zero-order valence-corrected chi connectivity index (χ0v) is 10.8. The first kappa shape index (κ1) is 10.9. The predicted molar refractivity (Wildman–Crippen MR) is 79.5 cm³/mol. The molecule has 0 amide bonds. The molecule has 1 aromatic carbocycles. The highest BCUT2D eigenvalue weighted by Gasteiger charge is 2.15. The lowest BCUT2D eigenvalue weighted by molar-refractivity contribution is 0.751. The molecule has 19 heavy (non-hydrogen) atoms. The molecule has 2 N–H and O–H groups in total. The maximum Gasteiger partial charge on any atom is 0.126 e. The van der Waals surface area contributed by atoms with Crippen molar-refractivity contribution in [2.24, 2.45) is 0 Å². The zero-order valence-electron chi connectivity index (χ0n) is 10.8. The molecule has 0 bridgehead atoms. The fourth-order valence-corrected chi connectivity index (χ4v) is 3.11. The molecule has 2 heterocycles.